The van der Waals surface area contributed by atoms with Gasteiger partial charge in [-0.25, -0.2) is 0 Å². The zero-order valence-corrected chi connectivity index (χ0v) is 11.8. The van der Waals surface area contributed by atoms with E-state index < -0.39 is 0 Å². The van der Waals surface area contributed by atoms with E-state index in [4.69, 9.17) is 18.0 Å². The molecule has 3 atom stereocenters. The fourth-order valence-corrected chi connectivity index (χ4v) is 4.01. The highest BCUT2D eigenvalue weighted by Gasteiger charge is 2.35. The van der Waals surface area contributed by atoms with Crippen molar-refractivity contribution in [2.24, 2.45) is 11.7 Å². The Morgan fingerprint density at radius 3 is 2.59 bits per heavy atom. The maximum Gasteiger partial charge on any atom is 0.0902 e. The van der Waals surface area contributed by atoms with Crippen molar-refractivity contribution in [1.82, 2.24) is 4.90 Å². The summed E-state index contributed by atoms with van der Waals surface area (Å²) in [5.41, 5.74) is 5.94. The Morgan fingerprint density at radius 2 is 1.88 bits per heavy atom. The van der Waals surface area contributed by atoms with Gasteiger partial charge in [-0.05, 0) is 38.1 Å². The maximum absolute atomic E-state index is 5.94. The molecule has 2 rings (SSSR count). The molecule has 1 saturated carbocycles. The van der Waals surface area contributed by atoms with E-state index in [1.165, 1.54) is 57.9 Å². The van der Waals surface area contributed by atoms with Crippen LogP contribution in [0.1, 0.15) is 58.3 Å². The fourth-order valence-electron chi connectivity index (χ4n) is 3.76. The second kappa shape index (κ2) is 6.14. The van der Waals surface area contributed by atoms with Crippen LogP contribution in [0, 0.1) is 5.92 Å². The number of piperidine rings is 1. The molecular formula is C14H26N2S. The molecule has 17 heavy (non-hydrogen) atoms. The first-order valence-electron chi connectivity index (χ1n) is 7.29. The number of thiocarbonyl (C=S) groups is 1. The van der Waals surface area contributed by atoms with Crippen molar-refractivity contribution in [2.45, 2.75) is 70.4 Å². The van der Waals surface area contributed by atoms with Gasteiger partial charge in [0.05, 0.1) is 11.0 Å². The van der Waals surface area contributed by atoms with Crippen molar-refractivity contribution >= 4 is 17.2 Å². The van der Waals surface area contributed by atoms with E-state index in [9.17, 15) is 0 Å². The number of hydrogen-bond donors (Lipinski definition) is 1. The van der Waals surface area contributed by atoms with E-state index in [1.807, 2.05) is 0 Å². The lowest BCUT2D eigenvalue weighted by molar-refractivity contribution is 0.0627. The number of likely N-dealkylation sites (tertiary alicyclic amines) is 1. The third-order valence-electron chi connectivity index (χ3n) is 4.69. The SMILES string of the molecule is CCC1CCCCC1N1CCCCC1C(N)=S. The van der Waals surface area contributed by atoms with Gasteiger partial charge in [-0.2, -0.15) is 0 Å². The summed E-state index contributed by atoms with van der Waals surface area (Å²) in [5, 5.41) is 0. The molecule has 0 radical (unpaired) electrons. The van der Waals surface area contributed by atoms with Crippen LogP contribution in [-0.2, 0) is 0 Å². The number of rotatable bonds is 3. The molecule has 1 aliphatic carbocycles. The summed E-state index contributed by atoms with van der Waals surface area (Å²) < 4.78 is 0. The topological polar surface area (TPSA) is 29.3 Å². The first-order chi connectivity index (χ1) is 8.24. The highest BCUT2D eigenvalue weighted by Crippen LogP contribution is 2.34. The Kier molecular flexibility index (Phi) is 4.80. The Bertz CT molecular complexity index is 267. The minimum Gasteiger partial charge on any atom is -0.392 e. The molecular weight excluding hydrogens is 228 g/mol. The monoisotopic (exact) mass is 254 g/mol. The van der Waals surface area contributed by atoms with E-state index in [0.29, 0.717) is 6.04 Å². The molecule has 0 aromatic rings. The summed E-state index contributed by atoms with van der Waals surface area (Å²) in [4.78, 5) is 3.38. The Hall–Kier alpha value is -0.150. The smallest absolute Gasteiger partial charge is 0.0902 e. The molecule has 2 N–H and O–H groups in total. The average molecular weight is 254 g/mol. The van der Waals surface area contributed by atoms with Crippen LogP contribution >= 0.6 is 12.2 Å². The second-order valence-corrected chi connectivity index (χ2v) is 6.14. The predicted molar refractivity (Wildman–Crippen MR) is 77.2 cm³/mol. The van der Waals surface area contributed by atoms with Gasteiger partial charge >= 0.3 is 0 Å². The first-order valence-corrected chi connectivity index (χ1v) is 7.70. The van der Waals surface area contributed by atoms with E-state index in [2.05, 4.69) is 11.8 Å². The van der Waals surface area contributed by atoms with Gasteiger partial charge in [0.15, 0.2) is 0 Å². The van der Waals surface area contributed by atoms with Gasteiger partial charge in [0.25, 0.3) is 0 Å². The lowest BCUT2D eigenvalue weighted by Crippen LogP contribution is -2.54. The molecule has 0 spiro atoms. The van der Waals surface area contributed by atoms with Gasteiger partial charge < -0.3 is 5.73 Å². The van der Waals surface area contributed by atoms with Crippen molar-refractivity contribution in [3.63, 3.8) is 0 Å². The van der Waals surface area contributed by atoms with Crippen LogP contribution in [0.15, 0.2) is 0 Å². The molecule has 3 heteroatoms. The molecule has 0 aromatic carbocycles. The van der Waals surface area contributed by atoms with Crippen molar-refractivity contribution in [3.05, 3.63) is 0 Å². The lowest BCUT2D eigenvalue weighted by atomic mass is 9.80. The van der Waals surface area contributed by atoms with Crippen molar-refractivity contribution < 1.29 is 0 Å². The van der Waals surface area contributed by atoms with Crippen molar-refractivity contribution in [3.8, 4) is 0 Å². The third-order valence-corrected chi connectivity index (χ3v) is 4.96. The Balaban J connectivity index is 2.08. The van der Waals surface area contributed by atoms with Crippen molar-refractivity contribution in [1.29, 1.82) is 0 Å². The normalized spacial score (nSPS) is 35.7. The molecule has 2 aliphatic rings. The van der Waals surface area contributed by atoms with Crippen LogP contribution in [0.2, 0.25) is 0 Å². The van der Waals surface area contributed by atoms with E-state index in [-0.39, 0.29) is 0 Å². The molecule has 2 nitrogen and oxygen atoms in total. The minimum absolute atomic E-state index is 0.385. The van der Waals surface area contributed by atoms with Gasteiger partial charge in [-0.3, -0.25) is 4.90 Å². The zero-order valence-electron chi connectivity index (χ0n) is 11.0. The summed E-state index contributed by atoms with van der Waals surface area (Å²) >= 11 is 5.27. The van der Waals surface area contributed by atoms with Gasteiger partial charge in [0, 0.05) is 6.04 Å². The quantitative estimate of drug-likeness (QED) is 0.785. The lowest BCUT2D eigenvalue weighted by Gasteiger charge is -2.45. The first kappa shape index (κ1) is 13.3. The summed E-state index contributed by atoms with van der Waals surface area (Å²) in [6, 6.07) is 1.14. The summed E-state index contributed by atoms with van der Waals surface area (Å²) in [6.45, 7) is 3.55. The van der Waals surface area contributed by atoms with Crippen LogP contribution in [0.3, 0.4) is 0 Å². The standard InChI is InChI=1S/C14H26N2S/c1-2-11-7-3-4-8-12(11)16-10-6-5-9-13(16)14(15)17/h11-13H,2-10H2,1H3,(H2,15,17). The van der Waals surface area contributed by atoms with E-state index in [0.717, 1.165) is 16.9 Å². The summed E-state index contributed by atoms with van der Waals surface area (Å²) in [6.07, 6.45) is 10.7. The van der Waals surface area contributed by atoms with Crippen LogP contribution in [-0.4, -0.2) is 28.5 Å². The summed E-state index contributed by atoms with van der Waals surface area (Å²) in [5.74, 6) is 0.874. The van der Waals surface area contributed by atoms with Gasteiger partial charge in [-0.1, -0.05) is 44.8 Å². The molecule has 1 heterocycles. The largest absolute Gasteiger partial charge is 0.392 e. The predicted octanol–water partition coefficient (Wildman–Crippen LogP) is 3.10. The van der Waals surface area contributed by atoms with Crippen LogP contribution < -0.4 is 5.73 Å². The average Bonchev–Trinajstić information content (AvgIpc) is 2.38. The Morgan fingerprint density at radius 1 is 1.18 bits per heavy atom. The third kappa shape index (κ3) is 3.00. The van der Waals surface area contributed by atoms with Crippen LogP contribution in [0.4, 0.5) is 0 Å². The van der Waals surface area contributed by atoms with Gasteiger partial charge in [0.2, 0.25) is 0 Å². The van der Waals surface area contributed by atoms with E-state index >= 15 is 0 Å². The van der Waals surface area contributed by atoms with Gasteiger partial charge in [-0.15, -0.1) is 0 Å². The molecule has 98 valence electrons. The molecule has 0 amide bonds. The van der Waals surface area contributed by atoms with Crippen molar-refractivity contribution in [2.75, 3.05) is 6.54 Å². The molecule has 2 fully saturated rings. The van der Waals surface area contributed by atoms with Crippen LogP contribution in [0.5, 0.6) is 0 Å². The molecule has 1 aliphatic heterocycles. The molecule has 1 saturated heterocycles. The zero-order chi connectivity index (χ0) is 12.3. The molecule has 3 unspecified atom stereocenters. The number of hydrogen-bond acceptors (Lipinski definition) is 2. The highest BCUT2D eigenvalue weighted by molar-refractivity contribution is 7.80. The van der Waals surface area contributed by atoms with E-state index in [1.54, 1.807) is 0 Å². The fraction of sp³-hybridized carbons (Fsp3) is 0.929. The number of nitrogens with zero attached hydrogens (tertiary/aromatic N) is 1. The molecule has 0 aromatic heterocycles. The molecule has 0 bridgehead atoms. The Labute approximate surface area is 111 Å². The van der Waals surface area contributed by atoms with Gasteiger partial charge in [0.1, 0.15) is 0 Å². The highest BCUT2D eigenvalue weighted by atomic mass is 32.1. The summed E-state index contributed by atoms with van der Waals surface area (Å²) in [7, 11) is 0. The maximum atomic E-state index is 5.94. The minimum atomic E-state index is 0.385. The van der Waals surface area contributed by atoms with Crippen LogP contribution in [0.25, 0.3) is 0 Å². The second-order valence-electron chi connectivity index (χ2n) is 5.67. The number of nitrogens with two attached hydrogens (primary N) is 1.